The molecule has 0 aliphatic carbocycles. The Morgan fingerprint density at radius 1 is 0.479 bits per heavy atom. The summed E-state index contributed by atoms with van der Waals surface area (Å²) in [5, 5.41) is 25.2. The lowest BCUT2D eigenvalue weighted by Gasteiger charge is -2.32. The zero-order valence-corrected chi connectivity index (χ0v) is 57.8. The molecule has 9 aromatic rings. The summed E-state index contributed by atoms with van der Waals surface area (Å²) < 4.78 is 36.2. The Balaban J connectivity index is 0.000000166. The second-order valence-corrected chi connectivity index (χ2v) is 25.2. The number of hydrogen-bond acceptors (Lipinski definition) is 14. The molecule has 0 atom stereocenters. The highest BCUT2D eigenvalue weighted by atomic mass is 79.9. The van der Waals surface area contributed by atoms with E-state index < -0.39 is 32.6 Å². The SMILES string of the molecule is CN(Cc1ccccc1)c1ccc(C=O)c(B2OC(C)(C)C(C)(C)O2)c1.CN(Cc1ccccc1)c1ccc(C=O)c(Br)c1.CN(Cc1ccccc1)c1ccc2c(c1)B(O)OC2.CNCc1ccccc1.CNc1ccc2c(c1)B(O)OC2.O=Cc1ccc(F)cc1Br. The van der Waals surface area contributed by atoms with Gasteiger partial charge in [0, 0.05) is 103 Å². The minimum atomic E-state index is -0.778. The first-order valence-electron chi connectivity index (χ1n) is 30.7. The van der Waals surface area contributed by atoms with Crippen molar-refractivity contribution in [2.75, 3.05) is 55.3 Å². The van der Waals surface area contributed by atoms with Crippen molar-refractivity contribution >= 4 is 111 Å². The first-order chi connectivity index (χ1) is 45.1. The van der Waals surface area contributed by atoms with Crippen LogP contribution in [0.4, 0.5) is 27.1 Å². The number of aldehydes is 3. The first kappa shape index (κ1) is 73.4. The van der Waals surface area contributed by atoms with Crippen LogP contribution in [0.5, 0.6) is 0 Å². The molecule has 0 amide bonds. The summed E-state index contributed by atoms with van der Waals surface area (Å²) in [6.45, 7) is 12.5. The minimum Gasteiger partial charge on any atom is -0.423 e. The number of anilines is 4. The van der Waals surface area contributed by atoms with Crippen molar-refractivity contribution in [3.8, 4) is 0 Å². The van der Waals surface area contributed by atoms with Crippen LogP contribution in [-0.2, 0) is 58.0 Å². The van der Waals surface area contributed by atoms with Crippen molar-refractivity contribution in [2.24, 2.45) is 0 Å². The molecule has 0 spiro atoms. The van der Waals surface area contributed by atoms with Crippen molar-refractivity contribution in [1.29, 1.82) is 0 Å². The van der Waals surface area contributed by atoms with Gasteiger partial charge in [0.1, 0.15) is 12.1 Å². The van der Waals surface area contributed by atoms with Gasteiger partial charge in [-0.05, 0) is 195 Å². The van der Waals surface area contributed by atoms with E-state index in [0.29, 0.717) is 40.7 Å². The number of halogens is 3. The summed E-state index contributed by atoms with van der Waals surface area (Å²) in [7, 11) is 7.86. The first-order valence-corrected chi connectivity index (χ1v) is 32.3. The highest BCUT2D eigenvalue weighted by Gasteiger charge is 2.52. The topological polar surface area (TPSA) is 162 Å². The molecule has 0 saturated carbocycles. The molecule has 94 heavy (non-hydrogen) atoms. The van der Waals surface area contributed by atoms with Gasteiger partial charge in [-0.15, -0.1) is 0 Å². The van der Waals surface area contributed by atoms with Gasteiger partial charge in [-0.2, -0.15) is 0 Å². The smallest absolute Gasteiger partial charge is 0.423 e. The molecule has 0 bridgehead atoms. The third-order valence-corrected chi connectivity index (χ3v) is 17.5. The molecule has 3 heterocycles. The van der Waals surface area contributed by atoms with E-state index in [-0.39, 0.29) is 5.82 Å². The highest BCUT2D eigenvalue weighted by Crippen LogP contribution is 2.37. The molecule has 9 aromatic carbocycles. The van der Waals surface area contributed by atoms with Gasteiger partial charge in [0.25, 0.3) is 0 Å². The van der Waals surface area contributed by atoms with Crippen LogP contribution in [0.1, 0.15) is 92.1 Å². The predicted octanol–water partition coefficient (Wildman–Crippen LogP) is 12.6. The van der Waals surface area contributed by atoms with Crippen LogP contribution in [0.25, 0.3) is 0 Å². The van der Waals surface area contributed by atoms with Gasteiger partial charge in [0.2, 0.25) is 0 Å². The van der Waals surface area contributed by atoms with Gasteiger partial charge < -0.3 is 54.0 Å². The molecule has 0 aromatic heterocycles. The number of nitrogens with one attached hydrogen (secondary N) is 2. The summed E-state index contributed by atoms with van der Waals surface area (Å²) >= 11 is 6.44. The van der Waals surface area contributed by atoms with Crippen molar-refractivity contribution in [1.82, 2.24) is 5.32 Å². The second kappa shape index (κ2) is 36.0. The van der Waals surface area contributed by atoms with E-state index in [2.05, 4.69) is 119 Å². The molecular formula is C74H81B3Br2FN5O9. The lowest BCUT2D eigenvalue weighted by atomic mass is 9.76. The molecule has 20 heteroatoms. The average Bonchev–Trinajstić information content (AvgIpc) is 1.72. The third-order valence-electron chi connectivity index (χ3n) is 16.1. The molecule has 3 aliphatic rings. The minimum absolute atomic E-state index is 0.350. The monoisotopic (exact) mass is 1390 g/mol. The van der Waals surface area contributed by atoms with E-state index in [1.807, 2.05) is 195 Å². The van der Waals surface area contributed by atoms with Crippen LogP contribution in [0, 0.1) is 5.82 Å². The quantitative estimate of drug-likeness (QED) is 0.0534. The Bertz CT molecular complexity index is 3850. The van der Waals surface area contributed by atoms with Gasteiger partial charge in [-0.25, -0.2) is 4.39 Å². The molecule has 4 N–H and O–H groups in total. The molecular weight excluding hydrogens is 1310 g/mol. The van der Waals surface area contributed by atoms with E-state index in [9.17, 15) is 28.8 Å². The number of nitrogens with zero attached hydrogens (tertiary/aromatic N) is 3. The van der Waals surface area contributed by atoms with Crippen LogP contribution < -0.4 is 41.7 Å². The summed E-state index contributed by atoms with van der Waals surface area (Å²) in [6, 6.07) is 68.7. The molecule has 486 valence electrons. The van der Waals surface area contributed by atoms with E-state index in [0.717, 1.165) is 93.5 Å². The van der Waals surface area contributed by atoms with E-state index in [1.165, 1.54) is 40.5 Å². The number of rotatable bonds is 16. The Hall–Kier alpha value is -8.01. The Kier molecular flexibility index (Phi) is 28.1. The molecule has 3 aliphatic heterocycles. The maximum atomic E-state index is 12.3. The van der Waals surface area contributed by atoms with Crippen molar-refractivity contribution < 1.29 is 47.4 Å². The molecule has 1 saturated heterocycles. The Labute approximate surface area is 571 Å². The average molecular weight is 1400 g/mol. The maximum absolute atomic E-state index is 12.3. The van der Waals surface area contributed by atoms with Crippen LogP contribution in [0.15, 0.2) is 221 Å². The maximum Gasteiger partial charge on any atom is 0.495 e. The number of benzene rings is 9. The number of carbonyl (C=O) groups excluding carboxylic acids is 3. The largest absolute Gasteiger partial charge is 0.495 e. The Morgan fingerprint density at radius 2 is 0.851 bits per heavy atom. The molecule has 12 rings (SSSR count). The van der Waals surface area contributed by atoms with E-state index in [4.69, 9.17) is 18.6 Å². The van der Waals surface area contributed by atoms with Crippen molar-refractivity contribution in [3.05, 3.63) is 277 Å². The zero-order chi connectivity index (χ0) is 67.8. The number of carbonyl (C=O) groups is 3. The third kappa shape index (κ3) is 21.3. The van der Waals surface area contributed by atoms with Crippen molar-refractivity contribution in [2.45, 2.75) is 78.3 Å². The molecule has 14 nitrogen and oxygen atoms in total. The summed E-state index contributed by atoms with van der Waals surface area (Å²) in [4.78, 5) is 39.0. The highest BCUT2D eigenvalue weighted by molar-refractivity contribution is 9.10. The van der Waals surface area contributed by atoms with Gasteiger partial charge in [-0.1, -0.05) is 133 Å². The number of fused-ring (bicyclic) bond motifs is 2. The summed E-state index contributed by atoms with van der Waals surface area (Å²) in [5.41, 5.74) is 14.8. The standard InChI is InChI=1S/C21H26BNO3.C15H16BNO2.C15H14BrNO.C8H10BNO2.C8H11N.C7H4BrFO/c1-20(2)21(3,4)26-22(25-20)19-13-18(12-11-17(19)15-24)23(5)14-16-9-7-6-8-10-16;1-17(10-12-5-3-2-4-6-12)14-8-7-13-11-19-16(18)15(13)9-14;1-17(10-12-5-3-2-4-6-12)14-8-7-13(11-18)15(16)9-14;1-10-7-3-2-6-5-12-9(11)8(6)4-7;1-9-7-8-5-3-2-4-6-8;8-7-3-6(9)2-1-5(7)4-10/h6-13,15H,14H2,1-5H3;2-9,18H,10-11H2,1H3;2-9,11H,10H2,1H3;2-4,10-11H,5H2,1H3;2-6,9H,7H2,1H3;1-4H. The van der Waals surface area contributed by atoms with Crippen LogP contribution in [0.2, 0.25) is 0 Å². The molecule has 0 radical (unpaired) electrons. The summed E-state index contributed by atoms with van der Waals surface area (Å²) in [5.74, 6) is -0.350. The fourth-order valence-electron chi connectivity index (χ4n) is 9.98. The van der Waals surface area contributed by atoms with Gasteiger partial charge in [0.05, 0.1) is 24.4 Å². The fraction of sp³-hybridized carbons (Fsp3) is 0.230. The van der Waals surface area contributed by atoms with Crippen LogP contribution >= 0.6 is 31.9 Å². The van der Waals surface area contributed by atoms with Crippen LogP contribution in [0.3, 0.4) is 0 Å². The fourth-order valence-corrected chi connectivity index (χ4v) is 10.9. The van der Waals surface area contributed by atoms with Crippen molar-refractivity contribution in [3.63, 3.8) is 0 Å². The zero-order valence-electron chi connectivity index (χ0n) is 54.6. The molecule has 1 fully saturated rings. The van der Waals surface area contributed by atoms with E-state index >= 15 is 0 Å². The number of hydrogen-bond donors (Lipinski definition) is 4. The Morgan fingerprint density at radius 3 is 1.27 bits per heavy atom. The van der Waals surface area contributed by atoms with E-state index in [1.54, 1.807) is 0 Å². The normalized spacial score (nSPS) is 13.4. The second-order valence-electron chi connectivity index (χ2n) is 23.5. The van der Waals surface area contributed by atoms with Gasteiger partial charge in [-0.3, -0.25) is 14.4 Å². The van der Waals surface area contributed by atoms with Gasteiger partial charge >= 0.3 is 21.4 Å². The summed E-state index contributed by atoms with van der Waals surface area (Å²) in [6.07, 6.45) is 2.38. The molecule has 0 unspecified atom stereocenters. The lowest BCUT2D eigenvalue weighted by Crippen LogP contribution is -2.41. The van der Waals surface area contributed by atoms with Gasteiger partial charge in [0.15, 0.2) is 12.6 Å². The van der Waals surface area contributed by atoms with Crippen LogP contribution in [-0.4, -0.2) is 96.7 Å². The lowest BCUT2D eigenvalue weighted by molar-refractivity contribution is 0.00578. The predicted molar refractivity (Wildman–Crippen MR) is 389 cm³/mol.